The maximum Gasteiger partial charge on any atom is 0.534 e. The van der Waals surface area contributed by atoms with Crippen LogP contribution in [0.5, 0.6) is 0 Å². The molecule has 5 aliphatic carbocycles. The van der Waals surface area contributed by atoms with Gasteiger partial charge in [0.1, 0.15) is 5.76 Å². The van der Waals surface area contributed by atoms with E-state index in [0.29, 0.717) is 41.6 Å². The predicted molar refractivity (Wildman–Crippen MR) is 148 cm³/mol. The molecule has 6 aliphatic rings. The average Bonchev–Trinajstić information content (AvgIpc) is 3.61. The molecule has 0 bridgehead atoms. The Kier molecular flexibility index (Phi) is 6.35. The van der Waals surface area contributed by atoms with E-state index in [1.165, 1.54) is 32.1 Å². The SMILES string of the molecule is CC(C)C1CCC2(C3CO3)CCC3(C)C(CCC4C5(C)CC=C(OS(=O)(=O)C(F)(F)F)C(C)(C)C5CCC43C)C12. The van der Waals surface area contributed by atoms with Crippen LogP contribution in [-0.4, -0.2) is 26.6 Å². The number of fused-ring (bicyclic) bond motifs is 7. The Bertz CT molecular complexity index is 1190. The lowest BCUT2D eigenvalue weighted by atomic mass is 9.32. The van der Waals surface area contributed by atoms with Crippen molar-refractivity contribution in [3.8, 4) is 0 Å². The molecule has 0 amide bonds. The van der Waals surface area contributed by atoms with Gasteiger partial charge in [-0.15, -0.1) is 0 Å². The smallest absolute Gasteiger partial charge is 0.380 e. The van der Waals surface area contributed by atoms with Crippen LogP contribution in [0.25, 0.3) is 0 Å². The molecule has 10 atom stereocenters. The van der Waals surface area contributed by atoms with Crippen molar-refractivity contribution in [2.45, 2.75) is 118 Å². The number of ether oxygens (including phenoxy) is 1. The number of hydrogen-bond donors (Lipinski definition) is 0. The third kappa shape index (κ3) is 3.68. The minimum absolute atomic E-state index is 0.0339. The van der Waals surface area contributed by atoms with E-state index >= 15 is 0 Å². The van der Waals surface area contributed by atoms with Gasteiger partial charge in [0.15, 0.2) is 0 Å². The van der Waals surface area contributed by atoms with Crippen LogP contribution in [0.15, 0.2) is 11.8 Å². The van der Waals surface area contributed by atoms with Crippen molar-refractivity contribution in [1.29, 1.82) is 0 Å². The number of epoxide rings is 1. The number of halogens is 3. The normalized spacial score (nSPS) is 49.8. The Hall–Kier alpha value is -0.760. The molecule has 0 aromatic rings. The lowest BCUT2D eigenvalue weighted by molar-refractivity contribution is -0.232. The molecular weight excluding hydrogens is 537 g/mol. The van der Waals surface area contributed by atoms with Crippen LogP contribution in [-0.2, 0) is 19.0 Å². The molecule has 5 fully saturated rings. The summed E-state index contributed by atoms with van der Waals surface area (Å²) in [6.07, 6.45) is 12.0. The Morgan fingerprint density at radius 2 is 1.60 bits per heavy atom. The highest BCUT2D eigenvalue weighted by molar-refractivity contribution is 7.87. The van der Waals surface area contributed by atoms with Crippen LogP contribution in [0, 0.1) is 62.6 Å². The summed E-state index contributed by atoms with van der Waals surface area (Å²) < 4.78 is 74.5. The van der Waals surface area contributed by atoms with E-state index in [1.807, 2.05) is 13.8 Å². The van der Waals surface area contributed by atoms with E-state index in [4.69, 9.17) is 8.92 Å². The molecule has 0 aromatic heterocycles. The zero-order chi connectivity index (χ0) is 29.3. The van der Waals surface area contributed by atoms with E-state index < -0.39 is 21.0 Å². The van der Waals surface area contributed by atoms with Crippen molar-refractivity contribution < 1.29 is 30.5 Å². The second-order valence-corrected chi connectivity index (χ2v) is 17.7. The van der Waals surface area contributed by atoms with Crippen molar-refractivity contribution in [3.63, 3.8) is 0 Å². The molecule has 4 nitrogen and oxygen atoms in total. The van der Waals surface area contributed by atoms with Gasteiger partial charge in [-0.3, -0.25) is 0 Å². The topological polar surface area (TPSA) is 55.9 Å². The summed E-state index contributed by atoms with van der Waals surface area (Å²) in [5, 5.41) is 0. The number of allylic oxidation sites excluding steroid dienone is 2. The van der Waals surface area contributed by atoms with E-state index in [1.54, 1.807) is 6.08 Å². The van der Waals surface area contributed by atoms with E-state index in [2.05, 4.69) is 34.6 Å². The summed E-state index contributed by atoms with van der Waals surface area (Å²) in [6.45, 7) is 17.0. The van der Waals surface area contributed by atoms with Gasteiger partial charge in [-0.05, 0) is 116 Å². The highest BCUT2D eigenvalue weighted by atomic mass is 32.2. The van der Waals surface area contributed by atoms with Gasteiger partial charge in [0.05, 0.1) is 12.7 Å². The van der Waals surface area contributed by atoms with Gasteiger partial charge in [-0.2, -0.15) is 21.6 Å². The second kappa shape index (κ2) is 8.66. The maximum atomic E-state index is 13.2. The Labute approximate surface area is 239 Å². The molecule has 1 heterocycles. The standard InChI is InChI=1S/C32H49F3O4S/c1-19(2)20-10-15-31(25-18-38-25)17-16-29(6)21(26(20)31)8-9-23-28(5)13-12-24(39-40(36,37)32(33,34)35)27(3,4)22(28)11-14-30(23,29)7/h12,19-23,25-26H,8-11,13-18H2,1-7H3. The Morgan fingerprint density at radius 1 is 0.925 bits per heavy atom. The molecule has 1 saturated heterocycles. The lowest BCUT2D eigenvalue weighted by Gasteiger charge is -2.72. The quantitative estimate of drug-likeness (QED) is 0.188. The minimum Gasteiger partial charge on any atom is -0.380 e. The van der Waals surface area contributed by atoms with E-state index in [-0.39, 0.29) is 27.9 Å². The van der Waals surface area contributed by atoms with Crippen LogP contribution < -0.4 is 0 Å². The summed E-state index contributed by atoms with van der Waals surface area (Å²) in [4.78, 5) is 0. The number of hydrogen-bond acceptors (Lipinski definition) is 4. The largest absolute Gasteiger partial charge is 0.534 e. The average molecular weight is 587 g/mol. The van der Waals surface area contributed by atoms with E-state index in [9.17, 15) is 21.6 Å². The number of alkyl halides is 3. The molecule has 0 radical (unpaired) electrons. The van der Waals surface area contributed by atoms with Gasteiger partial charge in [-0.1, -0.05) is 48.5 Å². The highest BCUT2D eigenvalue weighted by Gasteiger charge is 2.72. The van der Waals surface area contributed by atoms with Crippen LogP contribution in [0.2, 0.25) is 0 Å². The first-order valence-electron chi connectivity index (χ1n) is 15.7. The summed E-state index contributed by atoms with van der Waals surface area (Å²) in [6, 6.07) is 0. The van der Waals surface area contributed by atoms with Crippen molar-refractivity contribution >= 4 is 10.1 Å². The number of rotatable bonds is 4. The van der Waals surface area contributed by atoms with Gasteiger partial charge in [0.25, 0.3) is 0 Å². The van der Waals surface area contributed by atoms with Gasteiger partial charge < -0.3 is 8.92 Å². The maximum absolute atomic E-state index is 13.2. The fourth-order valence-corrected chi connectivity index (χ4v) is 12.9. The first-order chi connectivity index (χ1) is 18.4. The lowest BCUT2D eigenvalue weighted by Crippen LogP contribution is -2.66. The van der Waals surface area contributed by atoms with Crippen LogP contribution in [0.1, 0.15) is 106 Å². The first kappa shape index (κ1) is 29.3. The summed E-state index contributed by atoms with van der Waals surface area (Å²) in [5.41, 5.74) is -5.69. The molecule has 10 unspecified atom stereocenters. The van der Waals surface area contributed by atoms with Crippen molar-refractivity contribution in [1.82, 2.24) is 0 Å². The molecule has 1 aliphatic heterocycles. The Balaban J connectivity index is 1.35. The highest BCUT2D eigenvalue weighted by Crippen LogP contribution is 2.78. The second-order valence-electron chi connectivity index (χ2n) is 16.2. The van der Waals surface area contributed by atoms with Gasteiger partial charge in [0.2, 0.25) is 0 Å². The molecular formula is C32H49F3O4S. The van der Waals surface area contributed by atoms with Gasteiger partial charge >= 0.3 is 15.6 Å². The molecule has 0 N–H and O–H groups in total. The fourth-order valence-electron chi connectivity index (χ4n) is 12.3. The first-order valence-corrected chi connectivity index (χ1v) is 17.1. The zero-order valence-electron chi connectivity index (χ0n) is 25.4. The molecule has 0 spiro atoms. The Morgan fingerprint density at radius 3 is 2.20 bits per heavy atom. The monoisotopic (exact) mass is 586 g/mol. The summed E-state index contributed by atoms with van der Waals surface area (Å²) in [5.74, 6) is 3.24. The third-order valence-electron chi connectivity index (χ3n) is 14.4. The van der Waals surface area contributed by atoms with E-state index in [0.717, 1.165) is 31.8 Å². The van der Waals surface area contributed by atoms with Crippen LogP contribution >= 0.6 is 0 Å². The molecule has 228 valence electrons. The molecule has 8 heteroatoms. The minimum atomic E-state index is -5.69. The molecule has 40 heavy (non-hydrogen) atoms. The molecule has 4 saturated carbocycles. The molecule has 0 aromatic carbocycles. The van der Waals surface area contributed by atoms with Crippen molar-refractivity contribution in [2.24, 2.45) is 62.6 Å². The predicted octanol–water partition coefficient (Wildman–Crippen LogP) is 8.48. The third-order valence-corrected chi connectivity index (χ3v) is 15.3. The molecule has 6 rings (SSSR count). The zero-order valence-corrected chi connectivity index (χ0v) is 26.2. The van der Waals surface area contributed by atoms with Crippen LogP contribution in [0.4, 0.5) is 13.2 Å². The van der Waals surface area contributed by atoms with Crippen LogP contribution in [0.3, 0.4) is 0 Å². The van der Waals surface area contributed by atoms with Gasteiger partial charge in [0, 0.05) is 10.8 Å². The summed E-state index contributed by atoms with van der Waals surface area (Å²) in [7, 11) is -5.69. The summed E-state index contributed by atoms with van der Waals surface area (Å²) >= 11 is 0. The van der Waals surface area contributed by atoms with Gasteiger partial charge in [-0.25, -0.2) is 0 Å². The fraction of sp³-hybridized carbons (Fsp3) is 0.938. The van der Waals surface area contributed by atoms with Crippen molar-refractivity contribution in [2.75, 3.05) is 6.61 Å². The van der Waals surface area contributed by atoms with Crippen molar-refractivity contribution in [3.05, 3.63) is 11.8 Å².